The van der Waals surface area contributed by atoms with E-state index in [-0.39, 0.29) is 16.6 Å². The number of piperazine rings is 1. The van der Waals surface area contributed by atoms with Crippen LogP contribution in [0.1, 0.15) is 10.4 Å². The minimum atomic E-state index is -0.767. The summed E-state index contributed by atoms with van der Waals surface area (Å²) in [6.45, 7) is 2.28. The van der Waals surface area contributed by atoms with Gasteiger partial charge in [0.15, 0.2) is 11.0 Å². The molecule has 0 saturated carbocycles. The second-order valence-corrected chi connectivity index (χ2v) is 5.77. The number of ether oxygens (including phenoxy) is 1. The Morgan fingerprint density at radius 2 is 1.92 bits per heavy atom. The molecule has 0 radical (unpaired) electrons. The number of methoxy groups -OCH3 is 1. The predicted octanol–water partition coefficient (Wildman–Crippen LogP) is 2.85. The van der Waals surface area contributed by atoms with E-state index in [1.807, 2.05) is 24.3 Å². The average Bonchev–Trinajstić information content (AvgIpc) is 2.63. The molecule has 0 spiro atoms. The van der Waals surface area contributed by atoms with E-state index in [1.54, 1.807) is 12.0 Å². The van der Waals surface area contributed by atoms with Crippen LogP contribution in [0.2, 0.25) is 5.15 Å². The summed E-state index contributed by atoms with van der Waals surface area (Å²) in [6.07, 6.45) is 1.34. The maximum Gasteiger partial charge on any atom is 0.257 e. The number of anilines is 1. The number of rotatable bonds is 3. The van der Waals surface area contributed by atoms with E-state index in [4.69, 9.17) is 16.3 Å². The first-order valence-corrected chi connectivity index (χ1v) is 7.97. The summed E-state index contributed by atoms with van der Waals surface area (Å²) in [4.78, 5) is 19.9. The molecule has 5 nitrogen and oxygen atoms in total. The maximum absolute atomic E-state index is 14.0. The van der Waals surface area contributed by atoms with Gasteiger partial charge in [0.2, 0.25) is 0 Å². The number of benzene rings is 1. The number of carbonyl (C=O) groups is 1. The number of amides is 1. The van der Waals surface area contributed by atoms with E-state index >= 15 is 0 Å². The van der Waals surface area contributed by atoms with Crippen molar-refractivity contribution in [3.63, 3.8) is 0 Å². The molecular weight excluding hydrogens is 333 g/mol. The van der Waals surface area contributed by atoms with Crippen molar-refractivity contribution < 1.29 is 13.9 Å². The number of pyridine rings is 1. The lowest BCUT2D eigenvalue weighted by molar-refractivity contribution is 0.0742. The molecule has 0 atom stereocenters. The summed E-state index contributed by atoms with van der Waals surface area (Å²) < 4.78 is 19.4. The van der Waals surface area contributed by atoms with Gasteiger partial charge in [-0.1, -0.05) is 23.7 Å². The van der Waals surface area contributed by atoms with Crippen LogP contribution < -0.4 is 9.64 Å². The number of hydrogen-bond acceptors (Lipinski definition) is 4. The van der Waals surface area contributed by atoms with Crippen LogP contribution in [0.3, 0.4) is 0 Å². The van der Waals surface area contributed by atoms with Crippen LogP contribution in [0.4, 0.5) is 10.1 Å². The number of halogens is 2. The van der Waals surface area contributed by atoms with Crippen molar-refractivity contribution in [2.75, 3.05) is 38.2 Å². The topological polar surface area (TPSA) is 45.7 Å². The number of carbonyl (C=O) groups excluding carboxylic acids is 1. The molecule has 0 bridgehead atoms. The zero-order chi connectivity index (χ0) is 17.1. The molecule has 1 aliphatic heterocycles. The van der Waals surface area contributed by atoms with Gasteiger partial charge in [-0.15, -0.1) is 0 Å². The fraction of sp³-hybridized carbons (Fsp3) is 0.294. The third-order valence-electron chi connectivity index (χ3n) is 4.07. The van der Waals surface area contributed by atoms with Crippen molar-refractivity contribution in [3.05, 3.63) is 53.1 Å². The highest BCUT2D eigenvalue weighted by Gasteiger charge is 2.26. The van der Waals surface area contributed by atoms with Gasteiger partial charge in [0.25, 0.3) is 5.91 Å². The van der Waals surface area contributed by atoms with Crippen molar-refractivity contribution in [1.82, 2.24) is 9.88 Å². The molecule has 1 aromatic heterocycles. The first kappa shape index (κ1) is 16.5. The van der Waals surface area contributed by atoms with Crippen molar-refractivity contribution >= 4 is 23.2 Å². The number of para-hydroxylation sites is 2. The molecule has 0 unspecified atom stereocenters. The molecule has 126 valence electrons. The first-order valence-electron chi connectivity index (χ1n) is 7.59. The van der Waals surface area contributed by atoms with Crippen LogP contribution in [0, 0.1) is 5.82 Å². The molecule has 1 saturated heterocycles. The molecule has 1 aliphatic rings. The van der Waals surface area contributed by atoms with Gasteiger partial charge in [-0.2, -0.15) is 0 Å². The largest absolute Gasteiger partial charge is 0.495 e. The zero-order valence-corrected chi connectivity index (χ0v) is 14.0. The van der Waals surface area contributed by atoms with Crippen molar-refractivity contribution in [1.29, 1.82) is 0 Å². The van der Waals surface area contributed by atoms with Gasteiger partial charge in [0.05, 0.1) is 18.4 Å². The van der Waals surface area contributed by atoms with Gasteiger partial charge in [-0.3, -0.25) is 4.79 Å². The zero-order valence-electron chi connectivity index (χ0n) is 13.2. The summed E-state index contributed by atoms with van der Waals surface area (Å²) in [7, 11) is 1.63. The van der Waals surface area contributed by atoms with Crippen molar-refractivity contribution in [2.24, 2.45) is 0 Å². The molecule has 3 rings (SSSR count). The van der Waals surface area contributed by atoms with Gasteiger partial charge >= 0.3 is 0 Å². The molecule has 1 amide bonds. The molecular formula is C17H17ClFN3O2. The Morgan fingerprint density at radius 3 is 2.62 bits per heavy atom. The highest BCUT2D eigenvalue weighted by atomic mass is 35.5. The Hall–Kier alpha value is -2.34. The Bertz CT molecular complexity index is 748. The summed E-state index contributed by atoms with van der Waals surface area (Å²) in [5.41, 5.74) is 0.950. The van der Waals surface area contributed by atoms with Gasteiger partial charge in [0.1, 0.15) is 5.75 Å². The first-order chi connectivity index (χ1) is 11.6. The smallest absolute Gasteiger partial charge is 0.257 e. The fourth-order valence-electron chi connectivity index (χ4n) is 2.80. The Kier molecular flexibility index (Phi) is 4.85. The molecule has 1 aromatic carbocycles. The Labute approximate surface area is 144 Å². The van der Waals surface area contributed by atoms with Crippen LogP contribution in [-0.2, 0) is 0 Å². The highest BCUT2D eigenvalue weighted by Crippen LogP contribution is 2.28. The molecule has 2 heterocycles. The quantitative estimate of drug-likeness (QED) is 0.799. The molecule has 1 fully saturated rings. The van der Waals surface area contributed by atoms with Crippen molar-refractivity contribution in [2.45, 2.75) is 0 Å². The molecule has 0 aliphatic carbocycles. The number of aromatic nitrogens is 1. The lowest BCUT2D eigenvalue weighted by atomic mass is 10.2. The number of hydrogen-bond donors (Lipinski definition) is 0. The lowest BCUT2D eigenvalue weighted by Crippen LogP contribution is -2.49. The fourth-order valence-corrected chi connectivity index (χ4v) is 2.95. The van der Waals surface area contributed by atoms with Gasteiger partial charge in [0, 0.05) is 32.4 Å². The van der Waals surface area contributed by atoms with Crippen LogP contribution in [-0.4, -0.2) is 49.1 Å². The van der Waals surface area contributed by atoms with Crippen molar-refractivity contribution in [3.8, 4) is 5.75 Å². The maximum atomic E-state index is 14.0. The number of nitrogens with zero attached hydrogens (tertiary/aromatic N) is 3. The van der Waals surface area contributed by atoms with E-state index in [1.165, 1.54) is 12.3 Å². The van der Waals surface area contributed by atoms with E-state index in [0.29, 0.717) is 26.2 Å². The minimum Gasteiger partial charge on any atom is -0.495 e. The van der Waals surface area contributed by atoms with Gasteiger partial charge < -0.3 is 14.5 Å². The normalized spacial score (nSPS) is 14.6. The van der Waals surface area contributed by atoms with Crippen LogP contribution in [0.15, 0.2) is 36.5 Å². The standard InChI is InChI=1S/C17H17ClFN3O2/c1-24-14-5-3-2-4-13(14)21-8-10-22(11-9-21)17(23)12-6-7-20-16(18)15(12)19/h2-7H,8-11H2,1H3. The summed E-state index contributed by atoms with van der Waals surface area (Å²) in [5, 5.41) is -0.284. The SMILES string of the molecule is COc1ccccc1N1CCN(C(=O)c2ccnc(Cl)c2F)CC1. The van der Waals surface area contributed by atoms with Crippen LogP contribution in [0.5, 0.6) is 5.75 Å². The molecule has 7 heteroatoms. The summed E-state index contributed by atoms with van der Waals surface area (Å²) in [5.74, 6) is -0.336. The summed E-state index contributed by atoms with van der Waals surface area (Å²) >= 11 is 5.65. The minimum absolute atomic E-state index is 0.0410. The average molecular weight is 350 g/mol. The van der Waals surface area contributed by atoms with E-state index in [0.717, 1.165) is 11.4 Å². The summed E-state index contributed by atoms with van der Waals surface area (Å²) in [6, 6.07) is 9.11. The van der Waals surface area contributed by atoms with Gasteiger partial charge in [-0.25, -0.2) is 9.37 Å². The Balaban J connectivity index is 1.71. The second-order valence-electron chi connectivity index (χ2n) is 5.41. The molecule has 24 heavy (non-hydrogen) atoms. The van der Waals surface area contributed by atoms with Crippen LogP contribution in [0.25, 0.3) is 0 Å². The molecule has 0 N–H and O–H groups in total. The van der Waals surface area contributed by atoms with E-state index < -0.39 is 5.82 Å². The van der Waals surface area contributed by atoms with Gasteiger partial charge in [-0.05, 0) is 18.2 Å². The predicted molar refractivity (Wildman–Crippen MR) is 90.3 cm³/mol. The van der Waals surface area contributed by atoms with Crippen LogP contribution >= 0.6 is 11.6 Å². The second kappa shape index (κ2) is 7.05. The lowest BCUT2D eigenvalue weighted by Gasteiger charge is -2.36. The monoisotopic (exact) mass is 349 g/mol. The third-order valence-corrected chi connectivity index (χ3v) is 4.33. The Morgan fingerprint density at radius 1 is 1.21 bits per heavy atom. The van der Waals surface area contributed by atoms with E-state index in [2.05, 4.69) is 9.88 Å². The highest BCUT2D eigenvalue weighted by molar-refractivity contribution is 6.29. The molecule has 2 aromatic rings. The third kappa shape index (κ3) is 3.14. The van der Waals surface area contributed by atoms with E-state index in [9.17, 15) is 9.18 Å².